The normalized spacial score (nSPS) is 30.3. The van der Waals surface area contributed by atoms with Crippen LogP contribution in [0.2, 0.25) is 0 Å². The highest BCUT2D eigenvalue weighted by molar-refractivity contribution is 4.90. The van der Waals surface area contributed by atoms with Gasteiger partial charge in [0.15, 0.2) is 0 Å². The molecule has 2 saturated carbocycles. The summed E-state index contributed by atoms with van der Waals surface area (Å²) in [5, 5.41) is 12.9. The van der Waals surface area contributed by atoms with Crippen molar-refractivity contribution in [2.45, 2.75) is 57.5 Å². The van der Waals surface area contributed by atoms with Gasteiger partial charge in [-0.2, -0.15) is 0 Å². The van der Waals surface area contributed by atoms with Crippen molar-refractivity contribution in [1.82, 2.24) is 15.3 Å². The summed E-state index contributed by atoms with van der Waals surface area (Å²) in [5.41, 5.74) is 0.224. The van der Waals surface area contributed by atoms with Crippen molar-refractivity contribution in [2.24, 2.45) is 5.41 Å². The van der Waals surface area contributed by atoms with Crippen molar-refractivity contribution in [3.8, 4) is 0 Å². The molecule has 0 atom stereocenters. The summed E-state index contributed by atoms with van der Waals surface area (Å²) in [6, 6.07) is 1.58. The summed E-state index contributed by atoms with van der Waals surface area (Å²) in [4.78, 5) is 7.44. The molecule has 1 aromatic heterocycles. The summed E-state index contributed by atoms with van der Waals surface area (Å²) < 4.78 is 0. The first kappa shape index (κ1) is 14.4. The highest BCUT2D eigenvalue weighted by Crippen LogP contribution is 2.36. The number of hydrogen-bond acceptors (Lipinski definition) is 4. The average molecular weight is 263 g/mol. The maximum absolute atomic E-state index is 9.21. The Labute approximate surface area is 115 Å². The maximum Gasteiger partial charge on any atom is 0.0484 e. The number of hydrogen-bond donors (Lipinski definition) is 2. The maximum atomic E-state index is 9.21. The molecule has 1 heterocycles. The van der Waals surface area contributed by atoms with Gasteiger partial charge in [-0.15, -0.1) is 0 Å². The van der Waals surface area contributed by atoms with Gasteiger partial charge in [0, 0.05) is 43.5 Å². The number of nitrogens with zero attached hydrogens (tertiary/aromatic N) is 2. The van der Waals surface area contributed by atoms with Gasteiger partial charge >= 0.3 is 0 Å². The topological polar surface area (TPSA) is 58.0 Å². The zero-order chi connectivity index (χ0) is 13.6. The Kier molecular flexibility index (Phi) is 5.28. The van der Waals surface area contributed by atoms with Crippen LogP contribution in [0, 0.1) is 5.41 Å². The highest BCUT2D eigenvalue weighted by atomic mass is 16.3. The van der Waals surface area contributed by atoms with Crippen molar-refractivity contribution in [2.75, 3.05) is 6.61 Å². The van der Waals surface area contributed by atoms with Crippen molar-refractivity contribution < 1.29 is 5.11 Å². The van der Waals surface area contributed by atoms with E-state index in [1.807, 2.05) is 0 Å². The molecule has 0 unspecified atom stereocenters. The molecule has 0 saturated heterocycles. The van der Waals surface area contributed by atoms with Gasteiger partial charge in [0.2, 0.25) is 0 Å². The predicted octanol–water partition coefficient (Wildman–Crippen LogP) is 2.16. The van der Waals surface area contributed by atoms with Crippen molar-refractivity contribution >= 4 is 0 Å². The van der Waals surface area contributed by atoms with Crippen LogP contribution in [0.3, 0.4) is 0 Å². The molecule has 1 aromatic rings. The van der Waals surface area contributed by atoms with Crippen molar-refractivity contribution in [1.29, 1.82) is 0 Å². The van der Waals surface area contributed by atoms with Crippen LogP contribution in [0.25, 0.3) is 0 Å². The molecule has 3 rings (SSSR count). The summed E-state index contributed by atoms with van der Waals surface area (Å²) >= 11 is 0. The highest BCUT2D eigenvalue weighted by Gasteiger charge is 2.32. The van der Waals surface area contributed by atoms with Gasteiger partial charge in [-0.25, -0.2) is 0 Å². The molecule has 0 radical (unpaired) electrons. The Morgan fingerprint density at radius 1 is 1.00 bits per heavy atom. The molecule has 4 heteroatoms. The predicted molar refractivity (Wildman–Crippen MR) is 75.6 cm³/mol. The Morgan fingerprint density at radius 2 is 1.47 bits per heavy atom. The van der Waals surface area contributed by atoms with E-state index in [0.29, 0.717) is 6.61 Å². The molecule has 0 spiro atoms. The molecule has 2 aliphatic carbocycles. The average Bonchev–Trinajstić information content (AvgIpc) is 3.28. The zero-order valence-electron chi connectivity index (χ0n) is 11.8. The van der Waals surface area contributed by atoms with Crippen LogP contribution in [-0.4, -0.2) is 33.8 Å². The second kappa shape index (κ2) is 6.96. The molecule has 2 N–H and O–H groups in total. The fourth-order valence-corrected chi connectivity index (χ4v) is 2.48. The first-order valence-electron chi connectivity index (χ1n) is 7.29. The van der Waals surface area contributed by atoms with Crippen molar-refractivity contribution in [3.05, 3.63) is 24.8 Å². The lowest BCUT2D eigenvalue weighted by Gasteiger charge is -2.36. The third-order valence-corrected chi connectivity index (χ3v) is 4.10. The lowest BCUT2D eigenvalue weighted by Crippen LogP contribution is -2.38. The van der Waals surface area contributed by atoms with Crippen LogP contribution >= 0.6 is 0 Å². The third kappa shape index (κ3) is 5.25. The molecule has 2 fully saturated rings. The van der Waals surface area contributed by atoms with E-state index in [0.717, 1.165) is 12.1 Å². The molecular formula is C15H25N3O. The van der Waals surface area contributed by atoms with E-state index in [2.05, 4.69) is 22.2 Å². The Morgan fingerprint density at radius 3 is 1.84 bits per heavy atom. The molecule has 4 nitrogen and oxygen atoms in total. The van der Waals surface area contributed by atoms with E-state index in [1.165, 1.54) is 38.5 Å². The van der Waals surface area contributed by atoms with Crippen LogP contribution in [0.15, 0.2) is 24.8 Å². The van der Waals surface area contributed by atoms with Gasteiger partial charge in [0.25, 0.3) is 0 Å². The Balaban J connectivity index is 0.000000186. The molecule has 2 aliphatic rings. The van der Waals surface area contributed by atoms with E-state index in [4.69, 9.17) is 0 Å². The molecule has 0 aromatic carbocycles. The first-order chi connectivity index (χ1) is 9.22. The van der Waals surface area contributed by atoms with E-state index in [-0.39, 0.29) is 5.41 Å². The summed E-state index contributed by atoms with van der Waals surface area (Å²) in [5.74, 6) is 0. The van der Waals surface area contributed by atoms with Gasteiger partial charge in [0.1, 0.15) is 0 Å². The summed E-state index contributed by atoms with van der Waals surface area (Å²) in [6.07, 6.45) is 14.2. The van der Waals surface area contributed by atoms with E-state index in [9.17, 15) is 5.11 Å². The molecule has 0 bridgehead atoms. The largest absolute Gasteiger partial charge is 0.396 e. The standard InChI is InChI=1S/C11H21NO.C4H4N2/c1-11(8-13)6-4-10(5-7-11)12-9-2-3-9;1-2-6-4-3-5-1/h9-10,12-13H,2-8H2,1H3;1-4H. The van der Waals surface area contributed by atoms with Gasteiger partial charge in [0.05, 0.1) is 0 Å². The Hall–Kier alpha value is -1.00. The molecule has 106 valence electrons. The van der Waals surface area contributed by atoms with Gasteiger partial charge < -0.3 is 10.4 Å². The van der Waals surface area contributed by atoms with Crippen LogP contribution in [0.4, 0.5) is 0 Å². The summed E-state index contributed by atoms with van der Waals surface area (Å²) in [7, 11) is 0. The number of aliphatic hydroxyl groups is 1. The number of aromatic nitrogens is 2. The van der Waals surface area contributed by atoms with Gasteiger partial charge in [-0.3, -0.25) is 9.97 Å². The molecule has 0 amide bonds. The lowest BCUT2D eigenvalue weighted by molar-refractivity contribution is 0.0884. The minimum absolute atomic E-state index is 0.224. The number of aliphatic hydroxyl groups excluding tert-OH is 1. The molecular weight excluding hydrogens is 238 g/mol. The first-order valence-corrected chi connectivity index (χ1v) is 7.29. The monoisotopic (exact) mass is 263 g/mol. The number of nitrogens with one attached hydrogen (secondary N) is 1. The van der Waals surface area contributed by atoms with Crippen LogP contribution in [0.5, 0.6) is 0 Å². The quantitative estimate of drug-likeness (QED) is 0.877. The molecule has 19 heavy (non-hydrogen) atoms. The van der Waals surface area contributed by atoms with E-state index in [1.54, 1.807) is 24.8 Å². The van der Waals surface area contributed by atoms with Gasteiger partial charge in [-0.1, -0.05) is 6.92 Å². The van der Waals surface area contributed by atoms with E-state index < -0.39 is 0 Å². The van der Waals surface area contributed by atoms with Crippen molar-refractivity contribution in [3.63, 3.8) is 0 Å². The smallest absolute Gasteiger partial charge is 0.0484 e. The minimum atomic E-state index is 0.224. The van der Waals surface area contributed by atoms with Crippen LogP contribution in [0.1, 0.15) is 45.4 Å². The fourth-order valence-electron chi connectivity index (χ4n) is 2.48. The SMILES string of the molecule is CC1(CO)CCC(NC2CC2)CC1.c1cnccn1. The zero-order valence-corrected chi connectivity index (χ0v) is 11.8. The second-order valence-corrected chi connectivity index (χ2v) is 6.08. The summed E-state index contributed by atoms with van der Waals surface area (Å²) in [6.45, 7) is 2.57. The molecule has 0 aliphatic heterocycles. The van der Waals surface area contributed by atoms with E-state index >= 15 is 0 Å². The van der Waals surface area contributed by atoms with Crippen LogP contribution in [-0.2, 0) is 0 Å². The third-order valence-electron chi connectivity index (χ3n) is 4.10. The second-order valence-electron chi connectivity index (χ2n) is 6.08. The minimum Gasteiger partial charge on any atom is -0.396 e. The Bertz CT molecular complexity index is 319. The van der Waals surface area contributed by atoms with Gasteiger partial charge in [-0.05, 0) is 43.9 Å². The lowest BCUT2D eigenvalue weighted by atomic mass is 9.74. The van der Waals surface area contributed by atoms with Crippen LogP contribution < -0.4 is 5.32 Å². The fraction of sp³-hybridized carbons (Fsp3) is 0.733. The number of rotatable bonds is 3.